The summed E-state index contributed by atoms with van der Waals surface area (Å²) in [5.74, 6) is 0.174. The minimum absolute atomic E-state index is 0.0798. The summed E-state index contributed by atoms with van der Waals surface area (Å²) in [6, 6.07) is 6.10. The summed E-state index contributed by atoms with van der Waals surface area (Å²) in [5, 5.41) is 12.8. The minimum atomic E-state index is -0.431. The first-order valence-electron chi connectivity index (χ1n) is 5.23. The molecule has 0 aliphatic carbocycles. The Labute approximate surface area is 103 Å². The number of aliphatic hydroxyl groups excluding tert-OH is 1. The highest BCUT2D eigenvalue weighted by Gasteiger charge is 2.14. The van der Waals surface area contributed by atoms with Crippen LogP contribution in [0, 0.1) is 5.82 Å². The molecule has 1 heterocycles. The van der Waals surface area contributed by atoms with Gasteiger partial charge < -0.3 is 9.63 Å². The second-order valence-electron chi connectivity index (χ2n) is 3.60. The summed E-state index contributed by atoms with van der Waals surface area (Å²) >= 11 is 5.92. The second kappa shape index (κ2) is 5.29. The van der Waals surface area contributed by atoms with Gasteiger partial charge in [0.05, 0.1) is 10.6 Å². The molecule has 2 rings (SSSR count). The van der Waals surface area contributed by atoms with Crippen molar-refractivity contribution < 1.29 is 14.0 Å². The van der Waals surface area contributed by atoms with Crippen LogP contribution >= 0.6 is 11.6 Å². The predicted molar refractivity (Wildman–Crippen MR) is 62.3 cm³/mol. The van der Waals surface area contributed by atoms with Crippen molar-refractivity contribution in [3.05, 3.63) is 40.9 Å². The largest absolute Gasteiger partial charge is 0.396 e. The van der Waals surface area contributed by atoms with Gasteiger partial charge in [0, 0.05) is 19.1 Å². The van der Waals surface area contributed by atoms with Gasteiger partial charge in [0.15, 0.2) is 0 Å². The molecule has 0 atom stereocenters. The molecule has 0 bridgehead atoms. The number of aliphatic hydroxyl groups is 1. The number of aryl methyl sites for hydroxylation is 1. The van der Waals surface area contributed by atoms with E-state index in [1.807, 2.05) is 0 Å². The molecule has 0 aliphatic heterocycles. The molecule has 17 heavy (non-hydrogen) atoms. The molecule has 2 aromatic rings. The third kappa shape index (κ3) is 2.65. The lowest BCUT2D eigenvalue weighted by Gasteiger charge is -2.00. The van der Waals surface area contributed by atoms with E-state index in [-0.39, 0.29) is 12.2 Å². The van der Waals surface area contributed by atoms with Crippen molar-refractivity contribution >= 4 is 11.6 Å². The van der Waals surface area contributed by atoms with Crippen LogP contribution in [0.4, 0.5) is 4.39 Å². The lowest BCUT2D eigenvalue weighted by Crippen LogP contribution is -1.87. The molecule has 90 valence electrons. The first-order valence-corrected chi connectivity index (χ1v) is 5.61. The summed E-state index contributed by atoms with van der Waals surface area (Å²) in [6.07, 6.45) is 1.15. The Balaban J connectivity index is 2.30. The van der Waals surface area contributed by atoms with E-state index in [2.05, 4.69) is 5.16 Å². The summed E-state index contributed by atoms with van der Waals surface area (Å²) in [4.78, 5) is 0. The maximum absolute atomic E-state index is 13.6. The van der Waals surface area contributed by atoms with Crippen molar-refractivity contribution in [1.82, 2.24) is 5.16 Å². The van der Waals surface area contributed by atoms with E-state index in [0.29, 0.717) is 29.3 Å². The molecule has 0 saturated carbocycles. The SMILES string of the molecule is OCCCc1cc(-c2c(F)cccc2Cl)no1. The third-order valence-electron chi connectivity index (χ3n) is 2.36. The maximum atomic E-state index is 13.6. The Morgan fingerprint density at radius 1 is 1.41 bits per heavy atom. The van der Waals surface area contributed by atoms with Gasteiger partial charge in [-0.2, -0.15) is 0 Å². The highest BCUT2D eigenvalue weighted by molar-refractivity contribution is 6.33. The van der Waals surface area contributed by atoms with Gasteiger partial charge in [-0.1, -0.05) is 22.8 Å². The number of rotatable bonds is 4. The fourth-order valence-corrected chi connectivity index (χ4v) is 1.80. The van der Waals surface area contributed by atoms with Crippen molar-refractivity contribution in [3.8, 4) is 11.3 Å². The summed E-state index contributed by atoms with van der Waals surface area (Å²) in [6.45, 7) is 0.0798. The number of hydrogen-bond acceptors (Lipinski definition) is 3. The van der Waals surface area contributed by atoms with E-state index >= 15 is 0 Å². The lowest BCUT2D eigenvalue weighted by atomic mass is 10.1. The molecule has 1 N–H and O–H groups in total. The van der Waals surface area contributed by atoms with Gasteiger partial charge in [-0.25, -0.2) is 4.39 Å². The van der Waals surface area contributed by atoms with E-state index in [4.69, 9.17) is 21.2 Å². The molecular weight excluding hydrogens is 245 g/mol. The molecule has 0 aliphatic rings. The molecule has 0 radical (unpaired) electrons. The van der Waals surface area contributed by atoms with Gasteiger partial charge >= 0.3 is 0 Å². The van der Waals surface area contributed by atoms with Gasteiger partial charge in [-0.3, -0.25) is 0 Å². The van der Waals surface area contributed by atoms with E-state index in [1.165, 1.54) is 12.1 Å². The molecule has 0 saturated heterocycles. The molecule has 0 unspecified atom stereocenters. The fraction of sp³-hybridized carbons (Fsp3) is 0.250. The van der Waals surface area contributed by atoms with E-state index in [1.54, 1.807) is 12.1 Å². The Kier molecular flexibility index (Phi) is 3.76. The maximum Gasteiger partial charge on any atom is 0.137 e. The molecule has 0 fully saturated rings. The van der Waals surface area contributed by atoms with Gasteiger partial charge in [0.25, 0.3) is 0 Å². The average Bonchev–Trinajstić information content (AvgIpc) is 2.75. The molecule has 0 spiro atoms. The van der Waals surface area contributed by atoms with E-state index < -0.39 is 5.82 Å². The highest BCUT2D eigenvalue weighted by Crippen LogP contribution is 2.30. The zero-order valence-electron chi connectivity index (χ0n) is 8.99. The first kappa shape index (κ1) is 12.1. The quantitative estimate of drug-likeness (QED) is 0.913. The summed E-state index contributed by atoms with van der Waals surface area (Å²) < 4.78 is 18.6. The van der Waals surface area contributed by atoms with Crippen molar-refractivity contribution in [2.45, 2.75) is 12.8 Å². The minimum Gasteiger partial charge on any atom is -0.396 e. The topological polar surface area (TPSA) is 46.3 Å². The van der Waals surface area contributed by atoms with Crippen LogP contribution in [0.1, 0.15) is 12.2 Å². The summed E-state index contributed by atoms with van der Waals surface area (Å²) in [5.41, 5.74) is 0.620. The van der Waals surface area contributed by atoms with Gasteiger partial charge in [0.1, 0.15) is 17.3 Å². The molecule has 5 heteroatoms. The summed E-state index contributed by atoms with van der Waals surface area (Å²) in [7, 11) is 0. The van der Waals surface area contributed by atoms with Crippen LogP contribution in [0.15, 0.2) is 28.8 Å². The van der Waals surface area contributed by atoms with Crippen LogP contribution in [0.25, 0.3) is 11.3 Å². The molecule has 3 nitrogen and oxygen atoms in total. The van der Waals surface area contributed by atoms with Crippen molar-refractivity contribution in [2.75, 3.05) is 6.61 Å². The van der Waals surface area contributed by atoms with Crippen molar-refractivity contribution in [3.63, 3.8) is 0 Å². The predicted octanol–water partition coefficient (Wildman–Crippen LogP) is 3.06. The van der Waals surface area contributed by atoms with Crippen LogP contribution in [-0.4, -0.2) is 16.9 Å². The highest BCUT2D eigenvalue weighted by atomic mass is 35.5. The van der Waals surface area contributed by atoms with Crippen molar-refractivity contribution in [1.29, 1.82) is 0 Å². The molecule has 1 aromatic carbocycles. The van der Waals surface area contributed by atoms with E-state index in [0.717, 1.165) is 0 Å². The second-order valence-corrected chi connectivity index (χ2v) is 4.01. The van der Waals surface area contributed by atoms with E-state index in [9.17, 15) is 4.39 Å². The number of aromatic nitrogens is 1. The Morgan fingerprint density at radius 3 is 2.94 bits per heavy atom. The smallest absolute Gasteiger partial charge is 0.137 e. The number of hydrogen-bond donors (Lipinski definition) is 1. The lowest BCUT2D eigenvalue weighted by molar-refractivity contribution is 0.280. The Morgan fingerprint density at radius 2 is 2.24 bits per heavy atom. The van der Waals surface area contributed by atoms with Crippen molar-refractivity contribution in [2.24, 2.45) is 0 Å². The first-order chi connectivity index (χ1) is 8.22. The normalized spacial score (nSPS) is 10.8. The van der Waals surface area contributed by atoms with Crippen LogP contribution in [-0.2, 0) is 6.42 Å². The fourth-order valence-electron chi connectivity index (χ4n) is 1.54. The zero-order valence-corrected chi connectivity index (χ0v) is 9.75. The number of nitrogens with zero attached hydrogens (tertiary/aromatic N) is 1. The third-order valence-corrected chi connectivity index (χ3v) is 2.67. The van der Waals surface area contributed by atoms with Crippen LogP contribution < -0.4 is 0 Å². The van der Waals surface area contributed by atoms with Gasteiger partial charge in [-0.05, 0) is 18.6 Å². The average molecular weight is 256 g/mol. The number of benzene rings is 1. The Bertz CT molecular complexity index is 493. The Hall–Kier alpha value is -1.39. The van der Waals surface area contributed by atoms with Gasteiger partial charge in [0.2, 0.25) is 0 Å². The monoisotopic (exact) mass is 255 g/mol. The standard InChI is InChI=1S/C12H11ClFNO2/c13-9-4-1-5-10(14)12(9)11-7-8(17-15-11)3-2-6-16/h1,4-5,7,16H,2-3,6H2. The molecule has 1 aromatic heterocycles. The molecular formula is C12H11ClFNO2. The number of halogens is 2. The van der Waals surface area contributed by atoms with Crippen LogP contribution in [0.3, 0.4) is 0 Å². The molecule has 0 amide bonds. The van der Waals surface area contributed by atoms with Crippen LogP contribution in [0.5, 0.6) is 0 Å². The van der Waals surface area contributed by atoms with Gasteiger partial charge in [-0.15, -0.1) is 0 Å². The zero-order chi connectivity index (χ0) is 12.3. The van der Waals surface area contributed by atoms with Crippen LogP contribution in [0.2, 0.25) is 5.02 Å².